The molecule has 22 rings (SSSR count). The average Bonchev–Trinajstić information content (AvgIpc) is 4.05. The molecule has 284 valence electrons. The molecule has 0 N–H and O–H groups in total. The molecule has 2 saturated carbocycles. The zero-order chi connectivity index (χ0) is 38.9. The lowest BCUT2D eigenvalue weighted by atomic mass is 9.58. The summed E-state index contributed by atoms with van der Waals surface area (Å²) in [6.07, 6.45) is 16.5. The van der Waals surface area contributed by atoms with Gasteiger partial charge in [-0.15, -0.1) is 0 Å². The molecule has 0 amide bonds. The Morgan fingerprint density at radius 1 is 0.742 bits per heavy atom. The van der Waals surface area contributed by atoms with Crippen LogP contribution >= 0.6 is 0 Å². The molecule has 0 heterocycles. The maximum absolute atomic E-state index is 13.3. The monoisotopic (exact) mass is 784 g/mol. The Balaban J connectivity index is 1.12. The highest BCUT2D eigenvalue weighted by Crippen LogP contribution is 3.00. The summed E-state index contributed by atoms with van der Waals surface area (Å²) in [6, 6.07) is 20.0. The second-order valence-corrected chi connectivity index (χ2v) is 22.3. The Labute approximate surface area is 353 Å². The van der Waals surface area contributed by atoms with E-state index in [1.165, 1.54) is 17.4 Å². The average molecular weight is 785 g/mol. The van der Waals surface area contributed by atoms with Crippen molar-refractivity contribution in [3.05, 3.63) is 145 Å². The summed E-state index contributed by atoms with van der Waals surface area (Å²) in [4.78, 5) is 13.3. The topological polar surface area (TPSA) is 26.3 Å². The zero-order valence-electron chi connectivity index (χ0n) is 33.9. The molecule has 8 atom stereocenters. The molecular weight excluding hydrogens is 753 g/mol. The van der Waals surface area contributed by atoms with E-state index in [1.807, 2.05) is 5.57 Å². The van der Waals surface area contributed by atoms with Crippen LogP contribution in [0.25, 0.3) is 103 Å². The lowest BCUT2D eigenvalue weighted by Gasteiger charge is -2.43. The van der Waals surface area contributed by atoms with Gasteiger partial charge in [0.2, 0.25) is 0 Å². The summed E-state index contributed by atoms with van der Waals surface area (Å²) in [6.45, 7) is 0. The van der Waals surface area contributed by atoms with Crippen molar-refractivity contribution >= 4 is 109 Å². The van der Waals surface area contributed by atoms with E-state index in [-0.39, 0.29) is 22.2 Å². The highest BCUT2D eigenvalue weighted by Gasteiger charge is 2.97. The number of fused-ring (bicyclic) bond motifs is 3. The van der Waals surface area contributed by atoms with Crippen LogP contribution in [0.3, 0.4) is 0 Å². The van der Waals surface area contributed by atoms with E-state index in [1.54, 1.807) is 165 Å². The van der Waals surface area contributed by atoms with Gasteiger partial charge in [0.1, 0.15) is 0 Å². The van der Waals surface area contributed by atoms with Gasteiger partial charge in [0, 0.05) is 46.3 Å². The van der Waals surface area contributed by atoms with Gasteiger partial charge in [-0.25, -0.2) is 0 Å². The number of carbonyl (C=O) groups excluding carboxylic acids is 1. The number of hydrogen-bond donors (Lipinski definition) is 0. The van der Waals surface area contributed by atoms with Gasteiger partial charge in [0.25, 0.3) is 0 Å². The van der Waals surface area contributed by atoms with Gasteiger partial charge in [-0.3, -0.25) is 4.79 Å². The first-order valence-corrected chi connectivity index (χ1v) is 23.7. The van der Waals surface area contributed by atoms with Gasteiger partial charge in [-0.2, -0.15) is 0 Å². The SMILES string of the molecule is COC(=O)CCCC1(c2ccccc2)C23c4c5c6c7c8c9c%10cc%11cc%12c%13c%14c(cc%15c%16c(c2c2c4c7c4c9c%11c%13c4c2c%16%14)C2C%15=CC=C4C7C=CC(C5=C7C13C42)C6CC=8C%10)C%12. The molecule has 2 spiro atoms. The van der Waals surface area contributed by atoms with Gasteiger partial charge in [0.15, 0.2) is 0 Å². The van der Waals surface area contributed by atoms with Gasteiger partial charge >= 0.3 is 5.97 Å². The summed E-state index contributed by atoms with van der Waals surface area (Å²) in [5.74, 6) is 1.91. The van der Waals surface area contributed by atoms with Crippen LogP contribution in [0.5, 0.6) is 0 Å². The van der Waals surface area contributed by atoms with Crippen molar-refractivity contribution < 1.29 is 9.53 Å². The number of esters is 1. The number of rotatable bonds is 5. The fourth-order valence-corrected chi connectivity index (χ4v) is 21.1. The third-order valence-corrected chi connectivity index (χ3v) is 21.6. The minimum Gasteiger partial charge on any atom is -0.469 e. The first-order valence-electron chi connectivity index (χ1n) is 23.7. The van der Waals surface area contributed by atoms with Crippen LogP contribution in [0.4, 0.5) is 0 Å². The quantitative estimate of drug-likeness (QED) is 0.0752. The summed E-state index contributed by atoms with van der Waals surface area (Å²) >= 11 is 0. The predicted octanol–water partition coefficient (Wildman–Crippen LogP) is 12.0. The Kier molecular flexibility index (Phi) is 3.45. The molecule has 0 radical (unpaired) electrons. The molecule has 2 heteroatoms. The molecule has 8 unspecified atom stereocenters. The van der Waals surface area contributed by atoms with Crippen molar-refractivity contribution in [3.8, 4) is 0 Å². The molecule has 0 saturated heterocycles. The first kappa shape index (κ1) is 28.4. The van der Waals surface area contributed by atoms with E-state index in [0.717, 1.165) is 25.7 Å². The fourth-order valence-electron chi connectivity index (χ4n) is 21.1. The number of hydrogen-bond acceptors (Lipinski definition) is 2. The molecule has 2 nitrogen and oxygen atoms in total. The van der Waals surface area contributed by atoms with Crippen molar-refractivity contribution in [2.75, 3.05) is 7.11 Å². The maximum atomic E-state index is 13.3. The van der Waals surface area contributed by atoms with Gasteiger partial charge in [-0.1, -0.05) is 77.9 Å². The molecule has 12 aliphatic carbocycles. The highest BCUT2D eigenvalue weighted by atomic mass is 16.5. The second-order valence-electron chi connectivity index (χ2n) is 22.3. The van der Waals surface area contributed by atoms with Crippen molar-refractivity contribution in [3.63, 3.8) is 0 Å². The number of ether oxygens (including phenoxy) is 1. The zero-order valence-corrected chi connectivity index (χ0v) is 33.9. The van der Waals surface area contributed by atoms with Gasteiger partial charge < -0.3 is 4.74 Å². The van der Waals surface area contributed by atoms with E-state index in [2.05, 4.69) is 72.8 Å². The molecule has 10 aromatic rings. The Morgan fingerprint density at radius 2 is 1.50 bits per heavy atom. The molecule has 62 heavy (non-hydrogen) atoms. The molecule has 0 aliphatic heterocycles. The van der Waals surface area contributed by atoms with Crippen LogP contribution < -0.4 is 5.22 Å². The summed E-state index contributed by atoms with van der Waals surface area (Å²) in [5, 5.41) is 27.6. The van der Waals surface area contributed by atoms with Gasteiger partial charge in [0.05, 0.1) is 7.11 Å². The van der Waals surface area contributed by atoms with Crippen molar-refractivity contribution in [1.82, 2.24) is 0 Å². The Hall–Kier alpha value is -6.25. The van der Waals surface area contributed by atoms with E-state index in [4.69, 9.17) is 4.74 Å². The largest absolute Gasteiger partial charge is 0.469 e. The van der Waals surface area contributed by atoms with Crippen molar-refractivity contribution in [2.24, 2.45) is 23.2 Å². The van der Waals surface area contributed by atoms with Crippen molar-refractivity contribution in [2.45, 2.75) is 61.2 Å². The third kappa shape index (κ3) is 1.97. The highest BCUT2D eigenvalue weighted by molar-refractivity contribution is 6.57. The first-order chi connectivity index (χ1) is 30.7. The Bertz CT molecular complexity index is 4470. The normalized spacial score (nSPS) is 33.0. The van der Waals surface area contributed by atoms with Gasteiger partial charge in [-0.05, 0) is 208 Å². The van der Waals surface area contributed by atoms with Crippen LogP contribution in [-0.4, -0.2) is 13.1 Å². The van der Waals surface area contributed by atoms with Crippen molar-refractivity contribution in [1.29, 1.82) is 0 Å². The minimum atomic E-state index is -0.197. The number of benzene rings is 9. The fraction of sp³-hybridized carbons (Fsp3) is 0.250. The van der Waals surface area contributed by atoms with E-state index in [0.29, 0.717) is 36.0 Å². The molecule has 2 fully saturated rings. The second kappa shape index (κ2) is 7.55. The van der Waals surface area contributed by atoms with Crippen LogP contribution in [-0.2, 0) is 33.2 Å². The summed E-state index contributed by atoms with van der Waals surface area (Å²) in [5.41, 5.74) is 24.6. The maximum Gasteiger partial charge on any atom is 0.305 e. The Morgan fingerprint density at radius 3 is 2.37 bits per heavy atom. The van der Waals surface area contributed by atoms with E-state index < -0.39 is 0 Å². The summed E-state index contributed by atoms with van der Waals surface area (Å²) < 4.78 is 5.42. The molecule has 0 aromatic heterocycles. The standard InChI is InChI=1S/C60H32O2/c1-62-32(61)8-5-13-58(25-6-3-2-4-7-25)59-54-28-11-9-26-30-18-23-16-20-14-22-15-21-17-24-19-31-27-10-12-29(28)55(59)41(27)51-39(31)45-36(24)34(21)43-37(22)42-33(20)35(23)44-38(30)50(40(26)54)56-52-48(44)46(42)47(43)49(45)53(52)57(51)60(56,58)59/h2-4,6-7,9-12,14-15,18,27,29,31,40,54H,5,8,13,16-17,19H2,1H3. The lowest BCUT2D eigenvalue weighted by Crippen LogP contribution is -2.36. The number of allylic oxidation sites excluding steroid dienone is 8. The van der Waals surface area contributed by atoms with E-state index in [9.17, 15) is 4.79 Å². The van der Waals surface area contributed by atoms with Crippen LogP contribution in [0.15, 0.2) is 84.0 Å². The molecular formula is C60H32O2. The smallest absolute Gasteiger partial charge is 0.305 e. The third-order valence-electron chi connectivity index (χ3n) is 21.6. The van der Waals surface area contributed by atoms with Crippen LogP contribution in [0, 0.1) is 23.2 Å². The van der Waals surface area contributed by atoms with Crippen LogP contribution in [0.1, 0.15) is 93.2 Å². The van der Waals surface area contributed by atoms with E-state index >= 15 is 0 Å². The van der Waals surface area contributed by atoms with Crippen LogP contribution in [0.2, 0.25) is 0 Å². The number of methoxy groups -OCH3 is 1. The molecule has 12 aliphatic rings. The predicted molar refractivity (Wildman–Crippen MR) is 246 cm³/mol. The number of carbonyl (C=O) groups is 1. The summed E-state index contributed by atoms with van der Waals surface area (Å²) in [7, 11) is 1.58. The minimum absolute atomic E-state index is 0.0728. The molecule has 0 bridgehead atoms. The molecule has 10 aromatic carbocycles. The lowest BCUT2D eigenvalue weighted by molar-refractivity contribution is -0.140.